The molecule has 2 rings (SSSR count). The van der Waals surface area contributed by atoms with E-state index in [2.05, 4.69) is 10.3 Å². The topological polar surface area (TPSA) is 28.2 Å². The van der Waals surface area contributed by atoms with Crippen molar-refractivity contribution in [1.82, 2.24) is 4.98 Å². The maximum Gasteiger partial charge on any atom is 0.136 e. The van der Waals surface area contributed by atoms with Crippen molar-refractivity contribution in [3.63, 3.8) is 0 Å². The number of anilines is 2. The average Bonchev–Trinajstić information content (AvgIpc) is 2.26. The Labute approximate surface area is 98.1 Å². The summed E-state index contributed by atoms with van der Waals surface area (Å²) in [6, 6.07) is 2.17. The third kappa shape index (κ3) is 1.88. The van der Waals surface area contributed by atoms with Crippen molar-refractivity contribution in [1.29, 1.82) is 0 Å². The Kier molecular flexibility index (Phi) is 2.83. The van der Waals surface area contributed by atoms with Crippen LogP contribution >= 0.6 is 0 Å². The van der Waals surface area contributed by atoms with Crippen LogP contribution in [0.1, 0.15) is 0 Å². The van der Waals surface area contributed by atoms with Gasteiger partial charge in [0.25, 0.3) is 0 Å². The van der Waals surface area contributed by atoms with Gasteiger partial charge in [0, 0.05) is 38.0 Å². The van der Waals surface area contributed by atoms with Crippen LogP contribution in [-0.2, 0) is 0 Å². The highest BCUT2D eigenvalue weighted by Gasteiger charge is 2.13. The third-order valence-corrected chi connectivity index (χ3v) is 2.57. The number of pyridine rings is 1. The molecule has 0 aliphatic heterocycles. The molecule has 0 radical (unpaired) electrons. The summed E-state index contributed by atoms with van der Waals surface area (Å²) in [6.45, 7) is 0. The van der Waals surface area contributed by atoms with E-state index in [1.807, 2.05) is 0 Å². The van der Waals surface area contributed by atoms with E-state index >= 15 is 0 Å². The molecule has 0 aliphatic carbocycles. The van der Waals surface area contributed by atoms with Gasteiger partial charge in [-0.3, -0.25) is 0 Å². The summed E-state index contributed by atoms with van der Waals surface area (Å²) in [4.78, 5) is 5.91. The van der Waals surface area contributed by atoms with Crippen LogP contribution in [0.4, 0.5) is 20.3 Å². The lowest BCUT2D eigenvalue weighted by Crippen LogP contribution is -2.12. The molecule has 0 aliphatic rings. The predicted octanol–water partition coefficient (Wildman–Crippen LogP) is 2.62. The first kappa shape index (κ1) is 11.6. The van der Waals surface area contributed by atoms with Gasteiger partial charge in [-0.1, -0.05) is 0 Å². The summed E-state index contributed by atoms with van der Waals surface area (Å²) < 4.78 is 27.1. The first-order valence-corrected chi connectivity index (χ1v) is 5.17. The molecular formula is C12H13F2N3. The number of benzene rings is 1. The second-order valence-electron chi connectivity index (χ2n) is 3.95. The second kappa shape index (κ2) is 4.16. The summed E-state index contributed by atoms with van der Waals surface area (Å²) in [6.07, 6.45) is 1.54. The molecule has 0 spiro atoms. The second-order valence-corrected chi connectivity index (χ2v) is 3.95. The zero-order chi connectivity index (χ0) is 12.6. The standard InChI is InChI=1S/C12H13F2N3/c1-15-10-6-16-12(17(2)3)8-4-7(13)5-9(14)11(8)10/h4-6,15H,1-3H3. The largest absolute Gasteiger partial charge is 0.386 e. The van der Waals surface area contributed by atoms with Crippen molar-refractivity contribution in [2.45, 2.75) is 0 Å². The lowest BCUT2D eigenvalue weighted by atomic mass is 10.1. The number of hydrogen-bond acceptors (Lipinski definition) is 3. The van der Waals surface area contributed by atoms with Crippen LogP contribution in [-0.4, -0.2) is 26.1 Å². The molecule has 0 saturated carbocycles. The van der Waals surface area contributed by atoms with Gasteiger partial charge in [-0.15, -0.1) is 0 Å². The molecule has 1 N–H and O–H groups in total. The third-order valence-electron chi connectivity index (χ3n) is 2.57. The van der Waals surface area contributed by atoms with E-state index in [4.69, 9.17) is 0 Å². The lowest BCUT2D eigenvalue weighted by molar-refractivity contribution is 0.592. The van der Waals surface area contributed by atoms with Crippen molar-refractivity contribution in [3.8, 4) is 0 Å². The minimum Gasteiger partial charge on any atom is -0.386 e. The lowest BCUT2D eigenvalue weighted by Gasteiger charge is -2.16. The van der Waals surface area contributed by atoms with Crippen LogP contribution in [0.3, 0.4) is 0 Å². The van der Waals surface area contributed by atoms with E-state index in [-0.39, 0.29) is 0 Å². The van der Waals surface area contributed by atoms with Crippen molar-refractivity contribution < 1.29 is 8.78 Å². The number of halogens is 2. The number of rotatable bonds is 2. The minimum atomic E-state index is -0.604. The molecule has 1 heterocycles. The number of nitrogens with zero attached hydrogens (tertiary/aromatic N) is 2. The Morgan fingerprint density at radius 3 is 2.53 bits per heavy atom. The Morgan fingerprint density at radius 2 is 1.94 bits per heavy atom. The van der Waals surface area contributed by atoms with Crippen LogP contribution in [0.15, 0.2) is 18.3 Å². The van der Waals surface area contributed by atoms with Gasteiger partial charge >= 0.3 is 0 Å². The number of fused-ring (bicyclic) bond motifs is 1. The Morgan fingerprint density at radius 1 is 1.24 bits per heavy atom. The summed E-state index contributed by atoms with van der Waals surface area (Å²) in [5, 5.41) is 3.66. The molecule has 0 unspecified atom stereocenters. The molecule has 2 aromatic rings. The monoisotopic (exact) mass is 237 g/mol. The van der Waals surface area contributed by atoms with Crippen LogP contribution < -0.4 is 10.2 Å². The highest BCUT2D eigenvalue weighted by molar-refractivity contribution is 6.00. The highest BCUT2D eigenvalue weighted by atomic mass is 19.1. The maximum absolute atomic E-state index is 13.8. The fourth-order valence-corrected chi connectivity index (χ4v) is 1.83. The van der Waals surface area contributed by atoms with Crippen LogP contribution in [0, 0.1) is 11.6 Å². The van der Waals surface area contributed by atoms with Crippen molar-refractivity contribution >= 4 is 22.3 Å². The average molecular weight is 237 g/mol. The Hall–Kier alpha value is -1.91. The van der Waals surface area contributed by atoms with Gasteiger partial charge in [-0.25, -0.2) is 13.8 Å². The normalized spacial score (nSPS) is 10.6. The first-order chi connectivity index (χ1) is 8.04. The van der Waals surface area contributed by atoms with E-state index in [0.717, 1.165) is 6.07 Å². The van der Waals surface area contributed by atoms with E-state index in [1.165, 1.54) is 6.07 Å². The van der Waals surface area contributed by atoms with E-state index in [1.54, 1.807) is 32.2 Å². The van der Waals surface area contributed by atoms with Crippen molar-refractivity contribution in [2.24, 2.45) is 0 Å². The molecular weight excluding hydrogens is 224 g/mol. The zero-order valence-electron chi connectivity index (χ0n) is 9.88. The van der Waals surface area contributed by atoms with Crippen LogP contribution in [0.2, 0.25) is 0 Å². The van der Waals surface area contributed by atoms with E-state index < -0.39 is 11.6 Å². The fraction of sp³-hybridized carbons (Fsp3) is 0.250. The van der Waals surface area contributed by atoms with Gasteiger partial charge in [0.05, 0.1) is 11.9 Å². The SMILES string of the molecule is CNc1cnc(N(C)C)c2cc(F)cc(F)c12. The summed E-state index contributed by atoms with van der Waals surface area (Å²) in [5.74, 6) is -0.652. The zero-order valence-corrected chi connectivity index (χ0v) is 9.88. The quantitative estimate of drug-likeness (QED) is 0.870. The predicted molar refractivity (Wildman–Crippen MR) is 65.5 cm³/mol. The molecule has 1 aromatic heterocycles. The highest BCUT2D eigenvalue weighted by Crippen LogP contribution is 2.31. The van der Waals surface area contributed by atoms with Crippen LogP contribution in [0.5, 0.6) is 0 Å². The first-order valence-electron chi connectivity index (χ1n) is 5.17. The van der Waals surface area contributed by atoms with Crippen LogP contribution in [0.25, 0.3) is 10.8 Å². The maximum atomic E-state index is 13.8. The molecule has 90 valence electrons. The van der Waals surface area contributed by atoms with Gasteiger partial charge in [-0.2, -0.15) is 0 Å². The molecule has 3 nitrogen and oxygen atoms in total. The number of aromatic nitrogens is 1. The van der Waals surface area contributed by atoms with Crippen molar-refractivity contribution in [2.75, 3.05) is 31.4 Å². The Balaban J connectivity index is 2.90. The van der Waals surface area contributed by atoms with Gasteiger partial charge < -0.3 is 10.2 Å². The molecule has 0 atom stereocenters. The van der Waals surface area contributed by atoms with Gasteiger partial charge in [0.1, 0.15) is 17.5 Å². The molecule has 17 heavy (non-hydrogen) atoms. The van der Waals surface area contributed by atoms with Gasteiger partial charge in [0.15, 0.2) is 0 Å². The smallest absolute Gasteiger partial charge is 0.136 e. The van der Waals surface area contributed by atoms with Crippen molar-refractivity contribution in [3.05, 3.63) is 30.0 Å². The summed E-state index contributed by atoms with van der Waals surface area (Å²) in [7, 11) is 5.24. The Bertz CT molecular complexity index is 567. The number of hydrogen-bond donors (Lipinski definition) is 1. The molecule has 1 aromatic carbocycles. The van der Waals surface area contributed by atoms with Gasteiger partial charge in [0.2, 0.25) is 0 Å². The molecule has 5 heteroatoms. The fourth-order valence-electron chi connectivity index (χ4n) is 1.83. The molecule has 0 bridgehead atoms. The molecule has 0 fully saturated rings. The molecule has 0 saturated heterocycles. The minimum absolute atomic E-state index is 0.354. The van der Waals surface area contributed by atoms with E-state index in [9.17, 15) is 8.78 Å². The summed E-state index contributed by atoms with van der Waals surface area (Å²) in [5.41, 5.74) is 0.545. The van der Waals surface area contributed by atoms with E-state index in [0.29, 0.717) is 22.3 Å². The summed E-state index contributed by atoms with van der Waals surface area (Å²) >= 11 is 0. The van der Waals surface area contributed by atoms with Gasteiger partial charge in [-0.05, 0) is 6.07 Å². The molecule has 0 amide bonds. The number of nitrogens with one attached hydrogen (secondary N) is 1.